The highest BCUT2D eigenvalue weighted by molar-refractivity contribution is 5.98. The van der Waals surface area contributed by atoms with E-state index in [0.29, 0.717) is 5.56 Å². The number of aryl methyl sites for hydroxylation is 1. The molecule has 1 aromatic carbocycles. The van der Waals surface area contributed by atoms with Crippen LogP contribution in [0, 0.1) is 6.92 Å². The van der Waals surface area contributed by atoms with Gasteiger partial charge in [-0.25, -0.2) is 8.78 Å². The molecular weight excluding hydrogens is 202 g/mol. The van der Waals surface area contributed by atoms with Gasteiger partial charge in [-0.3, -0.25) is 4.79 Å². The summed E-state index contributed by atoms with van der Waals surface area (Å²) in [5, 5.41) is 0. The zero-order valence-corrected chi connectivity index (χ0v) is 8.80. The lowest BCUT2D eigenvalue weighted by Crippen LogP contribution is -2.04. The number of ether oxygens (including phenoxy) is 1. The Morgan fingerprint density at radius 1 is 1.40 bits per heavy atom. The molecule has 4 heteroatoms. The summed E-state index contributed by atoms with van der Waals surface area (Å²) >= 11 is 0. The highest BCUT2D eigenvalue weighted by Gasteiger charge is 2.20. The maximum absolute atomic E-state index is 12.6. The van der Waals surface area contributed by atoms with E-state index in [1.54, 1.807) is 6.92 Å². The Bertz CT molecular complexity index is 386. The van der Waals surface area contributed by atoms with Gasteiger partial charge in [-0.05, 0) is 25.5 Å². The first-order valence-corrected chi connectivity index (χ1v) is 4.45. The highest BCUT2D eigenvalue weighted by atomic mass is 19.3. The van der Waals surface area contributed by atoms with Crippen molar-refractivity contribution in [1.29, 1.82) is 0 Å². The molecule has 0 aromatic heterocycles. The molecule has 0 saturated heterocycles. The molecule has 0 amide bonds. The summed E-state index contributed by atoms with van der Waals surface area (Å²) in [5.41, 5.74) is 0.632. The van der Waals surface area contributed by atoms with Crippen molar-refractivity contribution < 1.29 is 18.3 Å². The maximum atomic E-state index is 12.6. The van der Waals surface area contributed by atoms with E-state index < -0.39 is 6.43 Å². The number of carbonyl (C=O) groups excluding carboxylic acids is 1. The van der Waals surface area contributed by atoms with Crippen LogP contribution in [0.15, 0.2) is 12.1 Å². The first kappa shape index (κ1) is 11.6. The maximum Gasteiger partial charge on any atom is 0.267 e. The molecule has 1 aromatic rings. The number of ketones is 1. The Morgan fingerprint density at radius 3 is 2.40 bits per heavy atom. The van der Waals surface area contributed by atoms with Crippen molar-refractivity contribution in [3.8, 4) is 5.75 Å². The molecular formula is C11H12F2O2. The van der Waals surface area contributed by atoms with Crippen LogP contribution in [0.1, 0.15) is 34.8 Å². The Kier molecular flexibility index (Phi) is 3.39. The first-order chi connectivity index (χ1) is 6.99. The van der Waals surface area contributed by atoms with Crippen LogP contribution in [-0.4, -0.2) is 12.9 Å². The second-order valence-corrected chi connectivity index (χ2v) is 3.24. The Balaban J connectivity index is 3.47. The van der Waals surface area contributed by atoms with Crippen LogP contribution in [0.2, 0.25) is 0 Å². The van der Waals surface area contributed by atoms with Crippen molar-refractivity contribution in [3.05, 3.63) is 28.8 Å². The van der Waals surface area contributed by atoms with E-state index in [2.05, 4.69) is 0 Å². The SMILES string of the molecule is COc1c(C(F)F)ccc(C)c1C(C)=O. The van der Waals surface area contributed by atoms with Crippen LogP contribution in [0.25, 0.3) is 0 Å². The number of halogens is 2. The topological polar surface area (TPSA) is 26.3 Å². The molecule has 0 saturated carbocycles. The van der Waals surface area contributed by atoms with Gasteiger partial charge in [0.1, 0.15) is 5.75 Å². The Hall–Kier alpha value is -1.45. The summed E-state index contributed by atoms with van der Waals surface area (Å²) < 4.78 is 30.1. The Morgan fingerprint density at radius 2 is 2.00 bits per heavy atom. The molecule has 0 heterocycles. The third-order valence-electron chi connectivity index (χ3n) is 2.19. The van der Waals surface area contributed by atoms with Gasteiger partial charge in [-0.1, -0.05) is 6.07 Å². The van der Waals surface area contributed by atoms with Crippen LogP contribution in [-0.2, 0) is 0 Å². The molecule has 0 fully saturated rings. The van der Waals surface area contributed by atoms with Crippen LogP contribution in [0.4, 0.5) is 8.78 Å². The number of alkyl halides is 2. The molecule has 2 nitrogen and oxygen atoms in total. The minimum atomic E-state index is -2.64. The van der Waals surface area contributed by atoms with Crippen LogP contribution in [0.5, 0.6) is 5.75 Å². The van der Waals surface area contributed by atoms with E-state index in [4.69, 9.17) is 4.74 Å². The number of Topliss-reactive ketones (excluding diaryl/α,β-unsaturated/α-hetero) is 1. The standard InChI is InChI=1S/C11H12F2O2/c1-6-4-5-8(11(12)13)10(15-3)9(6)7(2)14/h4-5,11H,1-3H3. The molecule has 0 N–H and O–H groups in total. The molecule has 0 spiro atoms. The minimum absolute atomic E-state index is 0.0162. The average molecular weight is 214 g/mol. The second kappa shape index (κ2) is 4.38. The summed E-state index contributed by atoms with van der Waals surface area (Å²) in [5.74, 6) is -0.288. The molecule has 82 valence electrons. The highest BCUT2D eigenvalue weighted by Crippen LogP contribution is 2.34. The summed E-state index contributed by atoms with van der Waals surface area (Å²) in [6, 6.07) is 2.78. The predicted molar refractivity (Wildman–Crippen MR) is 52.7 cm³/mol. The molecule has 1 rings (SSSR count). The van der Waals surface area contributed by atoms with E-state index in [-0.39, 0.29) is 22.7 Å². The second-order valence-electron chi connectivity index (χ2n) is 3.24. The van der Waals surface area contributed by atoms with E-state index in [1.807, 2.05) is 0 Å². The van der Waals surface area contributed by atoms with Crippen molar-refractivity contribution in [2.45, 2.75) is 20.3 Å². The van der Waals surface area contributed by atoms with E-state index in [9.17, 15) is 13.6 Å². The minimum Gasteiger partial charge on any atom is -0.495 e. The fraction of sp³-hybridized carbons (Fsp3) is 0.364. The molecule has 0 bridgehead atoms. The average Bonchev–Trinajstić information content (AvgIpc) is 2.15. The zero-order chi connectivity index (χ0) is 11.6. The van der Waals surface area contributed by atoms with Gasteiger partial charge in [0.25, 0.3) is 6.43 Å². The van der Waals surface area contributed by atoms with Gasteiger partial charge >= 0.3 is 0 Å². The fourth-order valence-electron chi connectivity index (χ4n) is 1.53. The van der Waals surface area contributed by atoms with Gasteiger partial charge in [-0.2, -0.15) is 0 Å². The van der Waals surface area contributed by atoms with Crippen molar-refractivity contribution in [2.75, 3.05) is 7.11 Å². The van der Waals surface area contributed by atoms with Gasteiger partial charge in [0.05, 0.1) is 18.2 Å². The van der Waals surface area contributed by atoms with Crippen LogP contribution in [0.3, 0.4) is 0 Å². The smallest absolute Gasteiger partial charge is 0.267 e. The third-order valence-corrected chi connectivity index (χ3v) is 2.19. The lowest BCUT2D eigenvalue weighted by molar-refractivity contribution is 0.101. The largest absolute Gasteiger partial charge is 0.495 e. The van der Waals surface area contributed by atoms with Gasteiger partial charge in [0, 0.05) is 0 Å². The summed E-state index contributed by atoms with van der Waals surface area (Å²) in [6.07, 6.45) is -2.64. The van der Waals surface area contributed by atoms with Gasteiger partial charge < -0.3 is 4.74 Å². The molecule has 0 atom stereocenters. The third kappa shape index (κ3) is 2.14. The summed E-state index contributed by atoms with van der Waals surface area (Å²) in [6.45, 7) is 3.02. The van der Waals surface area contributed by atoms with E-state index in [0.717, 1.165) is 0 Å². The number of hydrogen-bond acceptors (Lipinski definition) is 2. The van der Waals surface area contributed by atoms with E-state index in [1.165, 1.54) is 26.2 Å². The number of hydrogen-bond donors (Lipinski definition) is 0. The van der Waals surface area contributed by atoms with Crippen molar-refractivity contribution in [1.82, 2.24) is 0 Å². The van der Waals surface area contributed by atoms with Gasteiger partial charge in [-0.15, -0.1) is 0 Å². The van der Waals surface area contributed by atoms with Gasteiger partial charge in [0.2, 0.25) is 0 Å². The van der Waals surface area contributed by atoms with Gasteiger partial charge in [0.15, 0.2) is 5.78 Å². The molecule has 0 aliphatic heterocycles. The number of methoxy groups -OCH3 is 1. The monoisotopic (exact) mass is 214 g/mol. The van der Waals surface area contributed by atoms with E-state index >= 15 is 0 Å². The number of carbonyl (C=O) groups is 1. The molecule has 0 aliphatic rings. The molecule has 0 radical (unpaired) electrons. The molecule has 0 unspecified atom stereocenters. The molecule has 15 heavy (non-hydrogen) atoms. The normalized spacial score (nSPS) is 10.5. The predicted octanol–water partition coefficient (Wildman–Crippen LogP) is 3.14. The number of rotatable bonds is 3. The van der Waals surface area contributed by atoms with Crippen LogP contribution < -0.4 is 4.74 Å². The summed E-state index contributed by atoms with van der Waals surface area (Å²) in [7, 11) is 1.28. The lowest BCUT2D eigenvalue weighted by atomic mass is 10.0. The Labute approximate surface area is 86.9 Å². The van der Waals surface area contributed by atoms with Crippen LogP contribution >= 0.6 is 0 Å². The van der Waals surface area contributed by atoms with Crippen molar-refractivity contribution >= 4 is 5.78 Å². The first-order valence-electron chi connectivity index (χ1n) is 4.45. The summed E-state index contributed by atoms with van der Waals surface area (Å²) in [4.78, 5) is 11.3. The van der Waals surface area contributed by atoms with Crippen molar-refractivity contribution in [3.63, 3.8) is 0 Å². The lowest BCUT2D eigenvalue weighted by Gasteiger charge is -2.13. The fourth-order valence-corrected chi connectivity index (χ4v) is 1.53. The quantitative estimate of drug-likeness (QED) is 0.722. The zero-order valence-electron chi connectivity index (χ0n) is 8.80. The number of benzene rings is 1. The molecule has 0 aliphatic carbocycles. The van der Waals surface area contributed by atoms with Crippen molar-refractivity contribution in [2.24, 2.45) is 0 Å².